The van der Waals surface area contributed by atoms with Crippen molar-refractivity contribution in [1.82, 2.24) is 9.36 Å². The molecule has 0 saturated heterocycles. The Morgan fingerprint density at radius 3 is 2.86 bits per heavy atom. The molecule has 1 aliphatic carbocycles. The third-order valence-corrected chi connectivity index (χ3v) is 4.52. The lowest BCUT2D eigenvalue weighted by Gasteiger charge is -2.26. The summed E-state index contributed by atoms with van der Waals surface area (Å²) in [6.07, 6.45) is 3.42. The molecule has 0 radical (unpaired) electrons. The van der Waals surface area contributed by atoms with Gasteiger partial charge in [-0.15, -0.1) is 0 Å². The first-order valence-corrected chi connectivity index (χ1v) is 8.20. The molecule has 1 aliphatic rings. The van der Waals surface area contributed by atoms with Crippen molar-refractivity contribution in [1.29, 1.82) is 0 Å². The van der Waals surface area contributed by atoms with E-state index >= 15 is 0 Å². The van der Waals surface area contributed by atoms with Gasteiger partial charge in [-0.25, -0.2) is 4.98 Å². The second kappa shape index (κ2) is 5.30. The Hall–Kier alpha value is -1.62. The molecule has 4 nitrogen and oxygen atoms in total. The summed E-state index contributed by atoms with van der Waals surface area (Å²) in [7, 11) is 0. The second-order valence-electron chi connectivity index (χ2n) is 6.72. The number of anilines is 2. The fourth-order valence-electron chi connectivity index (χ4n) is 2.72. The highest BCUT2D eigenvalue weighted by Gasteiger charge is 2.23. The van der Waals surface area contributed by atoms with Gasteiger partial charge in [0.2, 0.25) is 5.13 Å². The van der Waals surface area contributed by atoms with Crippen LogP contribution in [-0.4, -0.2) is 9.36 Å². The zero-order valence-corrected chi connectivity index (χ0v) is 13.6. The number of fused-ring (bicyclic) bond motifs is 1. The third-order valence-electron chi connectivity index (χ3n) is 3.88. The monoisotopic (exact) mass is 302 g/mol. The van der Waals surface area contributed by atoms with Crippen molar-refractivity contribution in [2.45, 2.75) is 51.5 Å². The van der Waals surface area contributed by atoms with Crippen LogP contribution in [0.4, 0.5) is 10.8 Å². The maximum atomic E-state index is 5.89. The Bertz CT molecular complexity index is 642. The van der Waals surface area contributed by atoms with Gasteiger partial charge in [-0.2, -0.15) is 4.37 Å². The molecule has 0 spiro atoms. The minimum atomic E-state index is -0.00461. The largest absolute Gasteiger partial charge is 0.399 e. The Kier molecular flexibility index (Phi) is 3.61. The van der Waals surface area contributed by atoms with Crippen LogP contribution < -0.4 is 11.1 Å². The van der Waals surface area contributed by atoms with E-state index in [9.17, 15) is 0 Å². The summed E-state index contributed by atoms with van der Waals surface area (Å²) in [5.74, 6) is 0.906. The molecule has 1 unspecified atom stereocenters. The first kappa shape index (κ1) is 14.3. The molecular formula is C16H22N4S. The van der Waals surface area contributed by atoms with E-state index in [2.05, 4.69) is 47.6 Å². The summed E-state index contributed by atoms with van der Waals surface area (Å²) in [5.41, 5.74) is 9.44. The molecule has 1 heterocycles. The van der Waals surface area contributed by atoms with E-state index < -0.39 is 0 Å². The Balaban J connectivity index is 1.82. The molecule has 0 amide bonds. The van der Waals surface area contributed by atoms with E-state index in [1.807, 2.05) is 6.07 Å². The van der Waals surface area contributed by atoms with Crippen LogP contribution in [0, 0.1) is 0 Å². The molecule has 21 heavy (non-hydrogen) atoms. The minimum Gasteiger partial charge on any atom is -0.399 e. The van der Waals surface area contributed by atoms with E-state index in [-0.39, 0.29) is 5.41 Å². The summed E-state index contributed by atoms with van der Waals surface area (Å²) in [6, 6.07) is 6.55. The van der Waals surface area contributed by atoms with Crippen LogP contribution in [0.3, 0.4) is 0 Å². The van der Waals surface area contributed by atoms with Crippen molar-refractivity contribution < 1.29 is 0 Å². The van der Waals surface area contributed by atoms with Gasteiger partial charge >= 0.3 is 0 Å². The first-order valence-electron chi connectivity index (χ1n) is 7.42. The first-order chi connectivity index (χ1) is 9.93. The van der Waals surface area contributed by atoms with Crippen LogP contribution >= 0.6 is 11.5 Å². The average molecular weight is 302 g/mol. The molecule has 3 N–H and O–H groups in total. The van der Waals surface area contributed by atoms with E-state index in [0.717, 1.165) is 29.5 Å². The molecule has 5 heteroatoms. The number of nitrogens with zero attached hydrogens (tertiary/aromatic N) is 2. The molecule has 1 aromatic heterocycles. The lowest BCUT2D eigenvalue weighted by molar-refractivity contribution is 0.553. The fourth-order valence-corrected chi connectivity index (χ4v) is 3.53. The molecule has 0 bridgehead atoms. The van der Waals surface area contributed by atoms with Gasteiger partial charge in [0.05, 0.1) is 6.04 Å². The second-order valence-corrected chi connectivity index (χ2v) is 7.47. The SMILES string of the molecule is CC(C)(C)c1nsc(NC2CCCc3cc(N)ccc32)n1. The van der Waals surface area contributed by atoms with Crippen LogP contribution in [0.1, 0.15) is 56.6 Å². The number of nitrogens with one attached hydrogen (secondary N) is 1. The Morgan fingerprint density at radius 2 is 2.14 bits per heavy atom. The predicted octanol–water partition coefficient (Wildman–Crippen LogP) is 3.91. The highest BCUT2D eigenvalue weighted by atomic mass is 32.1. The topological polar surface area (TPSA) is 63.8 Å². The fraction of sp³-hybridized carbons (Fsp3) is 0.500. The quantitative estimate of drug-likeness (QED) is 0.826. The van der Waals surface area contributed by atoms with Crippen molar-refractivity contribution in [2.24, 2.45) is 0 Å². The molecule has 1 aromatic carbocycles. The van der Waals surface area contributed by atoms with Gasteiger partial charge in [-0.05, 0) is 42.5 Å². The Morgan fingerprint density at radius 1 is 1.33 bits per heavy atom. The molecular weight excluding hydrogens is 280 g/mol. The van der Waals surface area contributed by atoms with Gasteiger partial charge in [0.25, 0.3) is 0 Å². The number of benzene rings is 1. The van der Waals surface area contributed by atoms with Gasteiger partial charge in [0.1, 0.15) is 5.82 Å². The molecule has 112 valence electrons. The van der Waals surface area contributed by atoms with Crippen LogP contribution in [0.15, 0.2) is 18.2 Å². The van der Waals surface area contributed by atoms with Crippen LogP contribution in [-0.2, 0) is 11.8 Å². The summed E-state index contributed by atoms with van der Waals surface area (Å²) in [4.78, 5) is 4.64. The molecule has 2 aromatic rings. The lowest BCUT2D eigenvalue weighted by Crippen LogP contribution is -2.18. The van der Waals surface area contributed by atoms with Gasteiger partial charge in [0, 0.05) is 22.6 Å². The van der Waals surface area contributed by atoms with E-state index in [4.69, 9.17) is 5.73 Å². The van der Waals surface area contributed by atoms with Crippen molar-refractivity contribution in [3.63, 3.8) is 0 Å². The van der Waals surface area contributed by atoms with E-state index in [1.54, 1.807) is 0 Å². The normalized spacial score (nSPS) is 18.3. The molecule has 3 rings (SSSR count). The third kappa shape index (κ3) is 3.02. The molecule has 1 atom stereocenters. The maximum absolute atomic E-state index is 5.89. The number of rotatable bonds is 2. The summed E-state index contributed by atoms with van der Waals surface area (Å²) >= 11 is 1.45. The standard InChI is InChI=1S/C16H22N4S/c1-16(2,3)14-19-15(21-20-14)18-13-6-4-5-10-9-11(17)7-8-12(10)13/h7-9,13H,4-6,17H2,1-3H3,(H,18,19,20). The number of nitrogen functional groups attached to an aromatic ring is 1. The number of aryl methyl sites for hydroxylation is 1. The number of nitrogens with two attached hydrogens (primary N) is 1. The van der Waals surface area contributed by atoms with Gasteiger partial charge in [-0.3, -0.25) is 0 Å². The molecule has 0 fully saturated rings. The molecule has 0 saturated carbocycles. The highest BCUT2D eigenvalue weighted by Crippen LogP contribution is 2.34. The predicted molar refractivity (Wildman–Crippen MR) is 88.8 cm³/mol. The van der Waals surface area contributed by atoms with Crippen molar-refractivity contribution in [2.75, 3.05) is 11.1 Å². The molecule has 0 aliphatic heterocycles. The van der Waals surface area contributed by atoms with Crippen molar-refractivity contribution >= 4 is 22.4 Å². The maximum Gasteiger partial charge on any atom is 0.203 e. The summed E-state index contributed by atoms with van der Waals surface area (Å²) in [5, 5.41) is 4.46. The van der Waals surface area contributed by atoms with Crippen LogP contribution in [0.5, 0.6) is 0 Å². The van der Waals surface area contributed by atoms with E-state index in [1.165, 1.54) is 29.1 Å². The van der Waals surface area contributed by atoms with Crippen molar-refractivity contribution in [3.05, 3.63) is 35.2 Å². The number of aromatic nitrogens is 2. The van der Waals surface area contributed by atoms with Gasteiger partial charge < -0.3 is 11.1 Å². The summed E-state index contributed by atoms with van der Waals surface area (Å²) < 4.78 is 4.47. The number of hydrogen-bond donors (Lipinski definition) is 2. The van der Waals surface area contributed by atoms with Gasteiger partial charge in [-0.1, -0.05) is 26.8 Å². The average Bonchev–Trinajstić information content (AvgIpc) is 2.87. The highest BCUT2D eigenvalue weighted by molar-refractivity contribution is 7.09. The number of hydrogen-bond acceptors (Lipinski definition) is 5. The van der Waals surface area contributed by atoms with Crippen molar-refractivity contribution in [3.8, 4) is 0 Å². The van der Waals surface area contributed by atoms with Gasteiger partial charge in [0.15, 0.2) is 0 Å². The smallest absolute Gasteiger partial charge is 0.203 e. The Labute approximate surface area is 130 Å². The van der Waals surface area contributed by atoms with Crippen LogP contribution in [0.25, 0.3) is 0 Å². The zero-order valence-electron chi connectivity index (χ0n) is 12.8. The zero-order chi connectivity index (χ0) is 15.0. The minimum absolute atomic E-state index is 0.00461. The van der Waals surface area contributed by atoms with E-state index in [0.29, 0.717) is 6.04 Å². The van der Waals surface area contributed by atoms with Crippen LogP contribution in [0.2, 0.25) is 0 Å². The lowest BCUT2D eigenvalue weighted by atomic mass is 9.87. The summed E-state index contributed by atoms with van der Waals surface area (Å²) in [6.45, 7) is 6.41.